The zero-order valence-corrected chi connectivity index (χ0v) is 12.4. The topological polar surface area (TPSA) is 86.7 Å². The number of carbonyl (C=O) groups is 3. The quantitative estimate of drug-likeness (QED) is 0.737. The van der Waals surface area contributed by atoms with Crippen molar-refractivity contribution >= 4 is 33.7 Å². The molecule has 108 valence electrons. The van der Waals surface area contributed by atoms with Crippen molar-refractivity contribution < 1.29 is 19.5 Å². The molecule has 0 atom stereocenters. The number of hydrogen-bond acceptors (Lipinski definition) is 4. The molecule has 4 aliphatic rings. The molecule has 0 unspecified atom stereocenters. The average molecular weight is 351 g/mol. The molecular formula is C14H11BrN2O4. The number of hydrogen-bond donors (Lipinski definition) is 2. The van der Waals surface area contributed by atoms with Crippen LogP contribution in [0.5, 0.6) is 5.75 Å². The monoisotopic (exact) mass is 350 g/mol. The number of carbonyl (C=O) groups excluding carboxylic acids is 3. The molecule has 5 rings (SSSR count). The van der Waals surface area contributed by atoms with Gasteiger partial charge in [-0.3, -0.25) is 19.7 Å². The van der Waals surface area contributed by atoms with Gasteiger partial charge in [-0.1, -0.05) is 15.9 Å². The molecule has 0 spiro atoms. The van der Waals surface area contributed by atoms with Gasteiger partial charge in [0.05, 0.1) is 0 Å². The van der Waals surface area contributed by atoms with Gasteiger partial charge >= 0.3 is 0 Å². The van der Waals surface area contributed by atoms with Crippen LogP contribution in [-0.2, 0) is 16.1 Å². The molecule has 1 saturated carbocycles. The van der Waals surface area contributed by atoms with Crippen molar-refractivity contribution in [2.45, 2.75) is 24.9 Å². The highest BCUT2D eigenvalue weighted by Crippen LogP contribution is 2.49. The maximum atomic E-state index is 12.6. The predicted molar refractivity (Wildman–Crippen MR) is 74.3 cm³/mol. The summed E-state index contributed by atoms with van der Waals surface area (Å²) in [6.07, 6.45) is 0.780. The summed E-state index contributed by atoms with van der Waals surface area (Å²) in [4.78, 5) is 37.8. The lowest BCUT2D eigenvalue weighted by Gasteiger charge is -2.53. The van der Waals surface area contributed by atoms with E-state index in [1.165, 1.54) is 17.0 Å². The molecule has 2 N–H and O–H groups in total. The third-order valence-corrected chi connectivity index (χ3v) is 5.39. The van der Waals surface area contributed by atoms with Crippen LogP contribution in [0, 0.1) is 5.92 Å². The second-order valence-electron chi connectivity index (χ2n) is 5.80. The van der Waals surface area contributed by atoms with E-state index in [-0.39, 0.29) is 23.5 Å². The van der Waals surface area contributed by atoms with Crippen LogP contribution >= 0.6 is 15.9 Å². The summed E-state index contributed by atoms with van der Waals surface area (Å²) < 4.78 is 0.646. The molecule has 1 aromatic carbocycles. The summed E-state index contributed by atoms with van der Waals surface area (Å²) in [7, 11) is 0. The number of rotatable bonds is 1. The van der Waals surface area contributed by atoms with Crippen LogP contribution in [0.2, 0.25) is 0 Å². The number of phenolic OH excluding ortho intramolecular Hbond substituents is 1. The summed E-state index contributed by atoms with van der Waals surface area (Å²) in [5.41, 5.74) is 0.258. The average Bonchev–Trinajstić information content (AvgIpc) is 2.66. The Kier molecular flexibility index (Phi) is 2.35. The van der Waals surface area contributed by atoms with Gasteiger partial charge in [-0.25, -0.2) is 0 Å². The molecule has 3 aliphatic heterocycles. The molecule has 2 saturated heterocycles. The first-order valence-electron chi connectivity index (χ1n) is 6.61. The molecular weight excluding hydrogens is 340 g/mol. The fourth-order valence-corrected chi connectivity index (χ4v) is 4.07. The standard InChI is InChI=1S/C14H11BrN2O4/c15-10-2-7(18)1-8-9(10)5-17(12(8)20)14-3-6(4-14)11(19)16-13(14)21/h1-2,6,18H,3-5H2,(H,16,19,21). The fourth-order valence-electron chi connectivity index (χ4n) is 3.49. The van der Waals surface area contributed by atoms with Crippen LogP contribution in [0.1, 0.15) is 28.8 Å². The maximum Gasteiger partial charge on any atom is 0.255 e. The van der Waals surface area contributed by atoms with Crippen LogP contribution < -0.4 is 5.32 Å². The highest BCUT2D eigenvalue weighted by molar-refractivity contribution is 9.10. The minimum Gasteiger partial charge on any atom is -0.508 e. The number of phenols is 1. The number of halogens is 1. The number of nitrogens with one attached hydrogen (secondary N) is 1. The normalized spacial score (nSPS) is 30.0. The van der Waals surface area contributed by atoms with Gasteiger partial charge in [0.1, 0.15) is 11.3 Å². The Hall–Kier alpha value is -1.89. The zero-order valence-electron chi connectivity index (χ0n) is 10.9. The molecule has 3 fully saturated rings. The van der Waals surface area contributed by atoms with E-state index in [1.54, 1.807) is 0 Å². The molecule has 1 aromatic rings. The summed E-state index contributed by atoms with van der Waals surface area (Å²) >= 11 is 3.34. The first-order valence-corrected chi connectivity index (χ1v) is 7.40. The van der Waals surface area contributed by atoms with Crippen LogP contribution in [0.4, 0.5) is 0 Å². The zero-order chi connectivity index (χ0) is 14.9. The molecule has 3 amide bonds. The molecule has 0 radical (unpaired) electrons. The van der Waals surface area contributed by atoms with E-state index >= 15 is 0 Å². The van der Waals surface area contributed by atoms with Crippen molar-refractivity contribution in [2.75, 3.05) is 0 Å². The van der Waals surface area contributed by atoms with E-state index < -0.39 is 11.4 Å². The van der Waals surface area contributed by atoms with Gasteiger partial charge in [0, 0.05) is 22.5 Å². The molecule has 0 aromatic heterocycles. The number of imide groups is 1. The van der Waals surface area contributed by atoms with Gasteiger partial charge in [0.25, 0.3) is 11.8 Å². The SMILES string of the molecule is O=C1NC(=O)C2(N3Cc4c(Br)cc(O)cc4C3=O)CC1C2. The van der Waals surface area contributed by atoms with Gasteiger partial charge < -0.3 is 10.0 Å². The highest BCUT2D eigenvalue weighted by atomic mass is 79.9. The second-order valence-corrected chi connectivity index (χ2v) is 6.65. The summed E-state index contributed by atoms with van der Waals surface area (Å²) in [6.45, 7) is 0.309. The van der Waals surface area contributed by atoms with E-state index in [2.05, 4.69) is 21.2 Å². The Morgan fingerprint density at radius 1 is 1.29 bits per heavy atom. The molecule has 2 bridgehead atoms. The minimum absolute atomic E-state index is 0.00286. The van der Waals surface area contributed by atoms with Crippen molar-refractivity contribution in [2.24, 2.45) is 5.92 Å². The first kappa shape index (κ1) is 12.8. The molecule has 6 nitrogen and oxygen atoms in total. The van der Waals surface area contributed by atoms with Gasteiger partial charge in [-0.15, -0.1) is 0 Å². The molecule has 7 heteroatoms. The fraction of sp³-hybridized carbons (Fsp3) is 0.357. The largest absolute Gasteiger partial charge is 0.508 e. The van der Waals surface area contributed by atoms with Gasteiger partial charge in [0.2, 0.25) is 5.91 Å². The number of piperidine rings is 2. The van der Waals surface area contributed by atoms with Crippen LogP contribution in [0.15, 0.2) is 16.6 Å². The lowest BCUT2D eigenvalue weighted by molar-refractivity contribution is -0.160. The predicted octanol–water partition coefficient (Wildman–Crippen LogP) is 0.916. The van der Waals surface area contributed by atoms with Gasteiger partial charge in [0.15, 0.2) is 0 Å². The lowest BCUT2D eigenvalue weighted by atomic mass is 9.63. The Labute approximate surface area is 128 Å². The van der Waals surface area contributed by atoms with Crippen LogP contribution in [0.3, 0.4) is 0 Å². The van der Waals surface area contributed by atoms with Crippen molar-refractivity contribution in [1.82, 2.24) is 10.2 Å². The van der Waals surface area contributed by atoms with Crippen molar-refractivity contribution in [3.8, 4) is 5.75 Å². The van der Waals surface area contributed by atoms with Gasteiger partial charge in [-0.2, -0.15) is 0 Å². The second kappa shape index (κ2) is 3.85. The number of benzene rings is 1. The maximum absolute atomic E-state index is 12.6. The van der Waals surface area contributed by atoms with E-state index in [0.717, 1.165) is 5.56 Å². The van der Waals surface area contributed by atoms with Crippen LogP contribution in [0.25, 0.3) is 0 Å². The third kappa shape index (κ3) is 1.49. The molecule has 21 heavy (non-hydrogen) atoms. The minimum atomic E-state index is -0.913. The molecule has 3 heterocycles. The summed E-state index contributed by atoms with van der Waals surface area (Å²) in [5.74, 6) is -1.09. The van der Waals surface area contributed by atoms with E-state index in [4.69, 9.17) is 0 Å². The smallest absolute Gasteiger partial charge is 0.255 e. The van der Waals surface area contributed by atoms with Crippen molar-refractivity contribution in [1.29, 1.82) is 0 Å². The van der Waals surface area contributed by atoms with E-state index in [0.29, 0.717) is 29.4 Å². The number of nitrogens with zero attached hydrogens (tertiary/aromatic N) is 1. The van der Waals surface area contributed by atoms with Crippen molar-refractivity contribution in [3.63, 3.8) is 0 Å². The Bertz CT molecular complexity index is 724. The Morgan fingerprint density at radius 3 is 2.67 bits per heavy atom. The Balaban J connectivity index is 1.74. The highest BCUT2D eigenvalue weighted by Gasteiger charge is 2.63. The summed E-state index contributed by atoms with van der Waals surface area (Å²) in [6, 6.07) is 2.95. The third-order valence-electron chi connectivity index (χ3n) is 4.69. The first-order chi connectivity index (χ1) is 9.92. The van der Waals surface area contributed by atoms with E-state index in [9.17, 15) is 19.5 Å². The number of amides is 3. The Morgan fingerprint density at radius 2 is 2.00 bits per heavy atom. The molecule has 1 aliphatic carbocycles. The number of fused-ring (bicyclic) bond motifs is 3. The number of aromatic hydroxyl groups is 1. The van der Waals surface area contributed by atoms with E-state index in [1.807, 2.05) is 0 Å². The van der Waals surface area contributed by atoms with Crippen LogP contribution in [-0.4, -0.2) is 33.3 Å². The lowest BCUT2D eigenvalue weighted by Crippen LogP contribution is -2.73. The van der Waals surface area contributed by atoms with Crippen molar-refractivity contribution in [3.05, 3.63) is 27.7 Å². The van der Waals surface area contributed by atoms with Gasteiger partial charge in [-0.05, 0) is 30.5 Å². The summed E-state index contributed by atoms with van der Waals surface area (Å²) in [5, 5.41) is 12.0.